The van der Waals surface area contributed by atoms with Gasteiger partial charge in [0.15, 0.2) is 0 Å². The third-order valence-corrected chi connectivity index (χ3v) is 2.62. The number of thioether (sulfide) groups is 1. The predicted octanol–water partition coefficient (Wildman–Crippen LogP) is 2.21. The second-order valence-electron chi connectivity index (χ2n) is 2.09. The average Bonchev–Trinajstić information content (AvgIpc) is 2.15. The maximum absolute atomic E-state index is 9.94. The van der Waals surface area contributed by atoms with E-state index in [0.29, 0.717) is 5.75 Å². The van der Waals surface area contributed by atoms with Crippen LogP contribution in [-0.2, 0) is 4.79 Å². The van der Waals surface area contributed by atoms with Crippen molar-refractivity contribution in [3.63, 3.8) is 0 Å². The molecule has 0 spiro atoms. The van der Waals surface area contributed by atoms with Gasteiger partial charge in [0, 0.05) is 0 Å². The molecule has 12 heavy (non-hydrogen) atoms. The van der Waals surface area contributed by atoms with E-state index in [2.05, 4.69) is 0 Å². The first-order chi connectivity index (χ1) is 5.84. The summed E-state index contributed by atoms with van der Waals surface area (Å²) in [5, 5.41) is 0. The molecule has 0 aliphatic carbocycles. The van der Waals surface area contributed by atoms with Crippen LogP contribution >= 0.6 is 24.0 Å². The molecule has 0 aliphatic rings. The third kappa shape index (κ3) is 2.75. The summed E-state index contributed by atoms with van der Waals surface area (Å²) >= 11 is 6.41. The molecule has 0 aliphatic heterocycles. The van der Waals surface area contributed by atoms with Crippen molar-refractivity contribution < 1.29 is 4.79 Å². The van der Waals surface area contributed by atoms with Gasteiger partial charge in [-0.15, -0.1) is 11.8 Å². The van der Waals surface area contributed by atoms with Gasteiger partial charge < -0.3 is 0 Å². The van der Waals surface area contributed by atoms with Crippen molar-refractivity contribution in [2.45, 2.75) is 0 Å². The van der Waals surface area contributed by atoms with Crippen LogP contribution in [0.2, 0.25) is 0 Å². The Hall–Kier alpha value is -0.670. The number of carbonyl (C=O) groups excluding carboxylic acids is 1. The minimum Gasteiger partial charge on any atom is -0.290 e. The van der Waals surface area contributed by atoms with Gasteiger partial charge in [-0.25, -0.2) is 0 Å². The van der Waals surface area contributed by atoms with Crippen LogP contribution in [0.5, 0.6) is 0 Å². The molecule has 0 heterocycles. The van der Waals surface area contributed by atoms with E-state index in [4.69, 9.17) is 12.2 Å². The highest BCUT2D eigenvalue weighted by molar-refractivity contribution is 8.24. The molecule has 61 valence electrons. The van der Waals surface area contributed by atoms with E-state index in [-0.39, 0.29) is 0 Å². The van der Waals surface area contributed by atoms with Crippen LogP contribution < -0.4 is 0 Å². The summed E-state index contributed by atoms with van der Waals surface area (Å²) in [7, 11) is 0. The lowest BCUT2D eigenvalue weighted by molar-refractivity contribution is 0.560. The van der Waals surface area contributed by atoms with Crippen LogP contribution in [0.1, 0.15) is 5.56 Å². The van der Waals surface area contributed by atoms with Crippen molar-refractivity contribution in [1.29, 1.82) is 0 Å². The molecule has 0 bridgehead atoms. The van der Waals surface area contributed by atoms with Crippen molar-refractivity contribution in [1.82, 2.24) is 0 Å². The van der Waals surface area contributed by atoms with E-state index in [1.165, 1.54) is 11.8 Å². The Morgan fingerprint density at radius 3 is 2.67 bits per heavy atom. The van der Waals surface area contributed by atoms with Crippen LogP contribution in [0.25, 0.3) is 0 Å². The quantitative estimate of drug-likeness (QED) is 0.688. The van der Waals surface area contributed by atoms with Gasteiger partial charge in [-0.2, -0.15) is 0 Å². The molecule has 3 heteroatoms. The fourth-order valence-corrected chi connectivity index (χ4v) is 1.56. The predicted molar refractivity (Wildman–Crippen MR) is 56.3 cm³/mol. The first-order valence-electron chi connectivity index (χ1n) is 3.42. The van der Waals surface area contributed by atoms with Gasteiger partial charge in [-0.05, 0) is 5.56 Å². The summed E-state index contributed by atoms with van der Waals surface area (Å²) in [6, 6.07) is 9.64. The highest BCUT2D eigenvalue weighted by Crippen LogP contribution is 2.12. The van der Waals surface area contributed by atoms with Crippen molar-refractivity contribution in [2.75, 3.05) is 5.75 Å². The second-order valence-corrected chi connectivity index (χ2v) is 3.74. The molecule has 1 aromatic carbocycles. The van der Waals surface area contributed by atoms with Crippen LogP contribution in [0, 0.1) is 0 Å². The maximum Gasteiger partial charge on any atom is 0.209 e. The number of rotatable bonds is 3. The second kappa shape index (κ2) is 5.06. The molecule has 0 atom stereocenters. The average molecular weight is 195 g/mol. The van der Waals surface area contributed by atoms with E-state index >= 15 is 0 Å². The molecule has 1 aromatic rings. The summed E-state index contributed by atoms with van der Waals surface area (Å²) < 4.78 is 0.749. The number of hydrogen-bond donors (Lipinski definition) is 0. The number of hydrogen-bond acceptors (Lipinski definition) is 3. The number of benzene rings is 1. The zero-order valence-corrected chi connectivity index (χ0v) is 7.95. The Bertz CT molecular complexity index is 269. The van der Waals surface area contributed by atoms with E-state index in [1.54, 1.807) is 6.29 Å². The van der Waals surface area contributed by atoms with E-state index in [9.17, 15) is 4.79 Å². The summed E-state index contributed by atoms with van der Waals surface area (Å²) in [6.07, 6.45) is 1.79. The minimum absolute atomic E-state index is 0.313. The third-order valence-electron chi connectivity index (χ3n) is 1.27. The summed E-state index contributed by atoms with van der Waals surface area (Å²) in [5.74, 6) is 0.313. The summed E-state index contributed by atoms with van der Waals surface area (Å²) in [6.45, 7) is 0. The molecule has 0 unspecified atom stereocenters. The smallest absolute Gasteiger partial charge is 0.209 e. The zero-order valence-electron chi connectivity index (χ0n) is 6.32. The number of thiocarbonyl (C=S) groups is 1. The molecular weight excluding hydrogens is 188 g/mol. The molecular formula is C9H7OS2. The zero-order chi connectivity index (χ0) is 8.81. The van der Waals surface area contributed by atoms with E-state index in [1.807, 2.05) is 30.3 Å². The van der Waals surface area contributed by atoms with Crippen molar-refractivity contribution >= 4 is 34.5 Å². The van der Waals surface area contributed by atoms with Crippen LogP contribution in [0.15, 0.2) is 30.3 Å². The standard InChI is InChI=1S/C9H7OS2/c10-6-7-12-9(11)8-4-2-1-3-5-8/h1-5H,7H2. The fourth-order valence-electron chi connectivity index (χ4n) is 0.753. The monoisotopic (exact) mass is 195 g/mol. The van der Waals surface area contributed by atoms with Crippen LogP contribution in [0.3, 0.4) is 0 Å². The summed E-state index contributed by atoms with van der Waals surface area (Å²) in [4.78, 5) is 9.94. The fraction of sp³-hybridized carbons (Fsp3) is 0.111. The van der Waals surface area contributed by atoms with E-state index in [0.717, 1.165) is 9.76 Å². The van der Waals surface area contributed by atoms with Gasteiger partial charge in [0.2, 0.25) is 6.29 Å². The van der Waals surface area contributed by atoms with Gasteiger partial charge in [-0.1, -0.05) is 42.5 Å². The Labute approximate surface area is 81.2 Å². The van der Waals surface area contributed by atoms with Gasteiger partial charge in [0.1, 0.15) is 0 Å². The van der Waals surface area contributed by atoms with Crippen LogP contribution in [-0.4, -0.2) is 16.2 Å². The molecule has 0 saturated heterocycles. The lowest BCUT2D eigenvalue weighted by Crippen LogP contribution is -1.92. The summed E-state index contributed by atoms with van der Waals surface area (Å²) in [5.41, 5.74) is 0.993. The Kier molecular flexibility index (Phi) is 3.97. The highest BCUT2D eigenvalue weighted by atomic mass is 32.2. The highest BCUT2D eigenvalue weighted by Gasteiger charge is 1.99. The topological polar surface area (TPSA) is 17.1 Å². The first kappa shape index (κ1) is 9.42. The maximum atomic E-state index is 9.94. The molecule has 0 N–H and O–H groups in total. The Morgan fingerprint density at radius 2 is 2.08 bits per heavy atom. The van der Waals surface area contributed by atoms with Crippen LogP contribution in [0.4, 0.5) is 0 Å². The van der Waals surface area contributed by atoms with E-state index < -0.39 is 0 Å². The Morgan fingerprint density at radius 1 is 1.42 bits per heavy atom. The SMILES string of the molecule is O=[C]CSC(=S)c1ccccc1. The van der Waals surface area contributed by atoms with Gasteiger partial charge >= 0.3 is 0 Å². The molecule has 0 fully saturated rings. The molecule has 0 saturated carbocycles. The minimum atomic E-state index is 0.313. The molecule has 1 rings (SSSR count). The first-order valence-corrected chi connectivity index (χ1v) is 4.81. The molecule has 0 amide bonds. The van der Waals surface area contributed by atoms with Gasteiger partial charge in [0.05, 0.1) is 9.95 Å². The lowest BCUT2D eigenvalue weighted by atomic mass is 10.2. The van der Waals surface area contributed by atoms with Crippen molar-refractivity contribution in [2.24, 2.45) is 0 Å². The normalized spacial score (nSPS) is 9.33. The molecule has 0 aromatic heterocycles. The Balaban J connectivity index is 2.59. The van der Waals surface area contributed by atoms with Gasteiger partial charge in [0.25, 0.3) is 0 Å². The largest absolute Gasteiger partial charge is 0.290 e. The molecule has 1 nitrogen and oxygen atoms in total. The van der Waals surface area contributed by atoms with Gasteiger partial charge in [-0.3, -0.25) is 4.79 Å². The van der Waals surface area contributed by atoms with Crippen molar-refractivity contribution in [3.05, 3.63) is 35.9 Å². The van der Waals surface area contributed by atoms with Crippen molar-refractivity contribution in [3.8, 4) is 0 Å². The molecule has 1 radical (unpaired) electrons. The lowest BCUT2D eigenvalue weighted by Gasteiger charge is -1.98.